The third-order valence-corrected chi connectivity index (χ3v) is 8.39. The molecule has 1 fully saturated rings. The van der Waals surface area contributed by atoms with E-state index in [0.29, 0.717) is 41.8 Å². The summed E-state index contributed by atoms with van der Waals surface area (Å²) in [5.74, 6) is 0.808. The van der Waals surface area contributed by atoms with Gasteiger partial charge >= 0.3 is 5.97 Å². The van der Waals surface area contributed by atoms with E-state index in [2.05, 4.69) is 5.32 Å². The van der Waals surface area contributed by atoms with Gasteiger partial charge in [0.05, 0.1) is 37.8 Å². The Hall–Kier alpha value is -4.18. The van der Waals surface area contributed by atoms with Crippen LogP contribution in [0.3, 0.4) is 0 Å². The second kappa shape index (κ2) is 9.48. The first-order valence-corrected chi connectivity index (χ1v) is 13.3. The Bertz CT molecular complexity index is 1530. The van der Waals surface area contributed by atoms with Gasteiger partial charge in [-0.05, 0) is 47.0 Å². The van der Waals surface area contributed by atoms with Crippen LogP contribution in [0.5, 0.6) is 40.2 Å². The molecule has 208 valence electrons. The van der Waals surface area contributed by atoms with Crippen molar-refractivity contribution >= 4 is 23.3 Å². The van der Waals surface area contributed by atoms with Crippen LogP contribution in [0.15, 0.2) is 36.4 Å². The number of phenolic OH excluding ortho intramolecular Hbond substituents is 1. The monoisotopic (exact) mass is 567 g/mol. The molecular weight excluding hydrogens is 542 g/mol. The molecule has 0 aromatic heterocycles. The molecule has 3 aromatic rings. The van der Waals surface area contributed by atoms with Crippen molar-refractivity contribution in [1.29, 1.82) is 0 Å². The number of methoxy groups -OCH3 is 2. The Balaban J connectivity index is 1.40. The summed E-state index contributed by atoms with van der Waals surface area (Å²) in [5.41, 5.74) is 3.10. The molecule has 11 heteroatoms. The molecule has 1 saturated heterocycles. The van der Waals surface area contributed by atoms with Crippen molar-refractivity contribution in [3.63, 3.8) is 0 Å². The van der Waals surface area contributed by atoms with E-state index in [0.717, 1.165) is 16.8 Å². The number of halogens is 1. The van der Waals surface area contributed by atoms with Crippen LogP contribution >= 0.6 is 11.6 Å². The first-order valence-electron chi connectivity index (χ1n) is 12.9. The summed E-state index contributed by atoms with van der Waals surface area (Å²) < 4.78 is 39.5. The zero-order chi connectivity index (χ0) is 27.5. The molecule has 4 atom stereocenters. The van der Waals surface area contributed by atoms with E-state index in [1.54, 1.807) is 6.07 Å². The number of hydrogen-bond acceptors (Lipinski definition) is 10. The predicted octanol–water partition coefficient (Wildman–Crippen LogP) is 4.65. The fraction of sp³-hybridized carbons (Fsp3) is 0.345. The van der Waals surface area contributed by atoms with Gasteiger partial charge in [0.25, 0.3) is 0 Å². The van der Waals surface area contributed by atoms with Gasteiger partial charge in [0.15, 0.2) is 34.5 Å². The van der Waals surface area contributed by atoms with Gasteiger partial charge < -0.3 is 43.6 Å². The highest BCUT2D eigenvalue weighted by molar-refractivity contribution is 6.33. The molecular formula is C29H26ClNO9. The maximum Gasteiger partial charge on any atom is 0.310 e. The molecule has 0 radical (unpaired) electrons. The highest BCUT2D eigenvalue weighted by Crippen LogP contribution is 2.58. The molecule has 1 aliphatic carbocycles. The van der Waals surface area contributed by atoms with E-state index < -0.39 is 11.8 Å². The maximum atomic E-state index is 13.4. The van der Waals surface area contributed by atoms with Gasteiger partial charge in [0.1, 0.15) is 13.2 Å². The van der Waals surface area contributed by atoms with Crippen molar-refractivity contribution in [2.45, 2.75) is 12.0 Å². The van der Waals surface area contributed by atoms with Gasteiger partial charge in [-0.2, -0.15) is 0 Å². The Kier molecular flexibility index (Phi) is 5.88. The molecule has 10 nitrogen and oxygen atoms in total. The van der Waals surface area contributed by atoms with Crippen LogP contribution in [-0.4, -0.2) is 51.9 Å². The van der Waals surface area contributed by atoms with Gasteiger partial charge in [-0.25, -0.2) is 0 Å². The Labute approximate surface area is 234 Å². The number of nitrogens with one attached hydrogen (secondary N) is 1. The molecule has 2 N–H and O–H groups in total. The first kappa shape index (κ1) is 24.8. The smallest absolute Gasteiger partial charge is 0.310 e. The Morgan fingerprint density at radius 3 is 2.35 bits per heavy atom. The number of phenols is 1. The van der Waals surface area contributed by atoms with Gasteiger partial charge in [-0.3, -0.25) is 4.79 Å². The molecule has 0 bridgehead atoms. The van der Waals surface area contributed by atoms with Crippen LogP contribution < -0.4 is 33.7 Å². The second-order valence-corrected chi connectivity index (χ2v) is 10.4. The Morgan fingerprint density at radius 1 is 0.875 bits per heavy atom. The van der Waals surface area contributed by atoms with Crippen LogP contribution in [0.2, 0.25) is 5.02 Å². The largest absolute Gasteiger partial charge is 0.502 e. The quantitative estimate of drug-likeness (QED) is 0.422. The Morgan fingerprint density at radius 2 is 1.60 bits per heavy atom. The third kappa shape index (κ3) is 3.73. The minimum atomic E-state index is -0.598. The lowest BCUT2D eigenvalue weighted by Crippen LogP contribution is -2.37. The lowest BCUT2D eigenvalue weighted by Gasteiger charge is -2.40. The van der Waals surface area contributed by atoms with E-state index in [4.69, 9.17) is 44.8 Å². The fourth-order valence-corrected chi connectivity index (χ4v) is 6.56. The van der Waals surface area contributed by atoms with Crippen molar-refractivity contribution in [1.82, 2.24) is 0 Å². The van der Waals surface area contributed by atoms with Crippen LogP contribution in [0, 0.1) is 11.8 Å². The van der Waals surface area contributed by atoms with E-state index in [9.17, 15) is 9.90 Å². The lowest BCUT2D eigenvalue weighted by molar-refractivity contribution is -0.141. The number of rotatable bonds is 5. The second-order valence-electron chi connectivity index (χ2n) is 9.98. The number of benzene rings is 3. The first-order chi connectivity index (χ1) is 19.5. The number of ether oxygens (including phenoxy) is 7. The summed E-state index contributed by atoms with van der Waals surface area (Å²) in [6.45, 7) is 1.28. The van der Waals surface area contributed by atoms with E-state index in [1.807, 2.05) is 30.3 Å². The molecule has 3 aromatic carbocycles. The summed E-state index contributed by atoms with van der Waals surface area (Å²) >= 11 is 6.84. The summed E-state index contributed by atoms with van der Waals surface area (Å²) in [7, 11) is 2.86. The zero-order valence-electron chi connectivity index (χ0n) is 21.7. The van der Waals surface area contributed by atoms with E-state index >= 15 is 0 Å². The molecule has 3 aliphatic heterocycles. The average molecular weight is 568 g/mol. The van der Waals surface area contributed by atoms with Crippen molar-refractivity contribution in [2.24, 2.45) is 11.8 Å². The summed E-state index contributed by atoms with van der Waals surface area (Å²) in [5, 5.41) is 14.5. The maximum absolute atomic E-state index is 13.4. The van der Waals surface area contributed by atoms with Gasteiger partial charge in [-0.15, -0.1) is 0 Å². The molecule has 4 aliphatic rings. The minimum Gasteiger partial charge on any atom is -0.502 e. The van der Waals surface area contributed by atoms with Crippen LogP contribution in [-0.2, 0) is 9.53 Å². The van der Waals surface area contributed by atoms with E-state index in [-0.39, 0.29) is 53.6 Å². The highest BCUT2D eigenvalue weighted by atomic mass is 35.5. The van der Waals surface area contributed by atoms with Crippen molar-refractivity contribution in [3.05, 3.63) is 58.1 Å². The van der Waals surface area contributed by atoms with Crippen molar-refractivity contribution < 1.29 is 43.1 Å². The molecule has 7 rings (SSSR count). The number of fused-ring (bicyclic) bond motifs is 4. The third-order valence-electron chi connectivity index (χ3n) is 8.00. The van der Waals surface area contributed by atoms with Gasteiger partial charge in [0, 0.05) is 23.6 Å². The van der Waals surface area contributed by atoms with Crippen LogP contribution in [0.25, 0.3) is 0 Å². The molecule has 0 spiro atoms. The van der Waals surface area contributed by atoms with E-state index in [1.165, 1.54) is 14.2 Å². The van der Waals surface area contributed by atoms with Crippen molar-refractivity contribution in [3.8, 4) is 40.2 Å². The normalized spacial score (nSPS) is 23.6. The number of esters is 1. The number of anilines is 1. The number of cyclic esters (lactones) is 1. The topological polar surface area (TPSA) is 114 Å². The number of aromatic hydroxyl groups is 1. The van der Waals surface area contributed by atoms with Crippen molar-refractivity contribution in [2.75, 3.05) is 46.1 Å². The van der Waals surface area contributed by atoms with Crippen LogP contribution in [0.4, 0.5) is 5.69 Å². The standard InChI is InChI=1S/C29H26ClNO9/c1-34-22-10-16(25(30)28(35-2)27(22)32)23-14-8-20-21(40-12-39-20)9-15(14)26(17-11-38-29(33)24(17)23)31-13-3-4-18-19(7-13)37-6-5-36-18/h3-4,7-10,17,23-24,26,31-32H,5-6,11-12H2,1-2H3/t17-,23-,24-,26+/m0/s1. The average Bonchev–Trinajstić information content (AvgIpc) is 3.59. The summed E-state index contributed by atoms with van der Waals surface area (Å²) in [6.07, 6.45) is 0. The SMILES string of the molecule is COc1cc([C@@H]2c3cc4c(cc3[C@@H](Nc3ccc5c(c3)OCCO5)[C@H]3COC(=O)[C@H]23)OCO4)c(Cl)c(OC)c1O. The zero-order valence-corrected chi connectivity index (χ0v) is 22.4. The molecule has 0 unspecified atom stereocenters. The number of carbonyl (C=O) groups is 1. The number of carbonyl (C=O) groups excluding carboxylic acids is 1. The van der Waals surface area contributed by atoms with Gasteiger partial charge in [0.2, 0.25) is 12.5 Å². The minimum absolute atomic E-state index is 0.0674. The van der Waals surface area contributed by atoms with Crippen LogP contribution in [0.1, 0.15) is 28.7 Å². The summed E-state index contributed by atoms with van der Waals surface area (Å²) in [4.78, 5) is 13.4. The predicted molar refractivity (Wildman–Crippen MR) is 142 cm³/mol. The number of hydrogen-bond donors (Lipinski definition) is 2. The lowest BCUT2D eigenvalue weighted by atomic mass is 9.65. The molecule has 0 saturated carbocycles. The summed E-state index contributed by atoms with van der Waals surface area (Å²) in [6, 6.07) is 10.9. The molecule has 0 amide bonds. The molecule has 40 heavy (non-hydrogen) atoms. The fourth-order valence-electron chi connectivity index (χ4n) is 6.22. The highest BCUT2D eigenvalue weighted by Gasteiger charge is 2.53. The molecule has 3 heterocycles. The van der Waals surface area contributed by atoms with Gasteiger partial charge in [-0.1, -0.05) is 11.6 Å².